The van der Waals surface area contributed by atoms with E-state index >= 15 is 0 Å². The molecule has 5 rings (SSSR count). The molecule has 8 atom stereocenters. The molecule has 0 bridgehead atoms. The van der Waals surface area contributed by atoms with Crippen molar-refractivity contribution in [3.05, 3.63) is 83.9 Å². The molecule has 2 fully saturated rings. The Morgan fingerprint density at radius 3 is 1.33 bits per heavy atom. The van der Waals surface area contributed by atoms with Crippen molar-refractivity contribution in [1.29, 1.82) is 0 Å². The number of hydrogen-bond acceptors (Lipinski definition) is 2. The molecule has 3 heteroatoms. The van der Waals surface area contributed by atoms with Gasteiger partial charge in [-0.05, 0) is 72.3 Å². The summed E-state index contributed by atoms with van der Waals surface area (Å²) in [5.41, 5.74) is 3.10. The zero-order chi connectivity index (χ0) is 27.6. The Labute approximate surface area is 239 Å². The second-order valence-electron chi connectivity index (χ2n) is 13.8. The zero-order valence-corrected chi connectivity index (χ0v) is 26.3. The lowest BCUT2D eigenvalue weighted by atomic mass is 9.75. The second kappa shape index (κ2) is 12.5. The minimum atomic E-state index is -2.89. The molecule has 0 spiro atoms. The van der Waals surface area contributed by atoms with Crippen LogP contribution in [-0.2, 0) is 8.85 Å². The summed E-state index contributed by atoms with van der Waals surface area (Å²) in [5.74, 6) is 3.82. The van der Waals surface area contributed by atoms with Crippen LogP contribution in [0.5, 0.6) is 0 Å². The third kappa shape index (κ3) is 6.16. The van der Waals surface area contributed by atoms with Gasteiger partial charge in [-0.2, -0.15) is 0 Å². The standard InChI is InChI=1S/C36H52O2Si/c1-25(2)31-19-17-27(5)23-33(31)37-39(38-34-24-28(6)18-20-32(34)26(3)4)35(29-13-9-7-10-14-29)21-22-36(39)30-15-11-8-12-16-30/h7-16,21-22,25-28,31-36H,17-20,23-24H2,1-6H3/t27-,28-,31+,32+,33-,34-,35-,36+/m1/s1. The van der Waals surface area contributed by atoms with E-state index in [-0.39, 0.29) is 23.3 Å². The molecule has 0 aromatic heterocycles. The van der Waals surface area contributed by atoms with Gasteiger partial charge in [0.1, 0.15) is 0 Å². The summed E-state index contributed by atoms with van der Waals surface area (Å²) in [6.45, 7) is 14.5. The summed E-state index contributed by atoms with van der Waals surface area (Å²) in [5, 5.41) is 0. The highest BCUT2D eigenvalue weighted by Crippen LogP contribution is 2.51. The summed E-state index contributed by atoms with van der Waals surface area (Å²) >= 11 is 0. The lowest BCUT2D eigenvalue weighted by Gasteiger charge is -2.49. The summed E-state index contributed by atoms with van der Waals surface area (Å²) in [6, 6.07) is 22.3. The van der Waals surface area contributed by atoms with Gasteiger partial charge in [-0.15, -0.1) is 0 Å². The van der Waals surface area contributed by atoms with Gasteiger partial charge in [-0.1, -0.05) is 127 Å². The monoisotopic (exact) mass is 544 g/mol. The van der Waals surface area contributed by atoms with Crippen molar-refractivity contribution in [2.45, 2.75) is 103 Å². The molecular weight excluding hydrogens is 492 g/mol. The van der Waals surface area contributed by atoms with E-state index in [2.05, 4.69) is 114 Å². The van der Waals surface area contributed by atoms with Crippen LogP contribution in [0.15, 0.2) is 72.8 Å². The SMILES string of the molecule is CC(C)[C@@H]1CC[C@@H](C)C[C@H]1O[Si]1(O[C@@H]2C[C@H](C)CC[C@H]2C(C)C)[C@@H](c2ccccc2)C=C[C@H]1c1ccccc1. The highest BCUT2D eigenvalue weighted by Gasteiger charge is 2.59. The predicted octanol–water partition coefficient (Wildman–Crippen LogP) is 9.60. The molecule has 2 saturated carbocycles. The number of hydrogen-bond donors (Lipinski definition) is 0. The van der Waals surface area contributed by atoms with Crippen LogP contribution in [0.3, 0.4) is 0 Å². The fraction of sp³-hybridized carbons (Fsp3) is 0.611. The number of benzene rings is 2. The van der Waals surface area contributed by atoms with Crippen LogP contribution in [0, 0.1) is 35.5 Å². The Morgan fingerprint density at radius 1 is 0.590 bits per heavy atom. The van der Waals surface area contributed by atoms with Gasteiger partial charge in [0.2, 0.25) is 0 Å². The topological polar surface area (TPSA) is 18.5 Å². The Morgan fingerprint density at radius 2 is 0.974 bits per heavy atom. The number of allylic oxidation sites excluding steroid dienone is 2. The van der Waals surface area contributed by atoms with Crippen LogP contribution in [0.4, 0.5) is 0 Å². The molecule has 0 saturated heterocycles. The van der Waals surface area contributed by atoms with Crippen molar-refractivity contribution >= 4 is 8.56 Å². The largest absolute Gasteiger partial charge is 0.390 e. The van der Waals surface area contributed by atoms with Gasteiger partial charge < -0.3 is 8.85 Å². The highest BCUT2D eigenvalue weighted by molar-refractivity contribution is 6.72. The van der Waals surface area contributed by atoms with E-state index in [1.54, 1.807) is 0 Å². The lowest BCUT2D eigenvalue weighted by Crippen LogP contribution is -2.58. The second-order valence-corrected chi connectivity index (χ2v) is 17.0. The first-order valence-corrected chi connectivity index (χ1v) is 17.9. The molecule has 2 nitrogen and oxygen atoms in total. The van der Waals surface area contributed by atoms with Crippen LogP contribution in [-0.4, -0.2) is 20.8 Å². The van der Waals surface area contributed by atoms with E-state index in [4.69, 9.17) is 8.85 Å². The third-order valence-corrected chi connectivity index (χ3v) is 14.4. The average Bonchev–Trinajstić information content (AvgIpc) is 3.27. The Kier molecular flexibility index (Phi) is 9.20. The van der Waals surface area contributed by atoms with Gasteiger partial charge in [0.25, 0.3) is 0 Å². The minimum absolute atomic E-state index is 0.194. The van der Waals surface area contributed by atoms with Crippen molar-refractivity contribution in [1.82, 2.24) is 0 Å². The highest BCUT2D eigenvalue weighted by atomic mass is 28.4. The molecule has 39 heavy (non-hydrogen) atoms. The molecule has 0 N–H and O–H groups in total. The van der Waals surface area contributed by atoms with Crippen molar-refractivity contribution in [2.24, 2.45) is 35.5 Å². The van der Waals surface area contributed by atoms with Crippen molar-refractivity contribution in [3.8, 4) is 0 Å². The number of rotatable bonds is 8. The Balaban J connectivity index is 1.64. The van der Waals surface area contributed by atoms with E-state index in [0.717, 1.165) is 12.8 Å². The Hall–Kier alpha value is -1.68. The molecule has 0 amide bonds. The van der Waals surface area contributed by atoms with E-state index in [1.807, 2.05) is 0 Å². The van der Waals surface area contributed by atoms with Gasteiger partial charge >= 0.3 is 8.56 Å². The summed E-state index contributed by atoms with van der Waals surface area (Å²) in [4.78, 5) is 0. The third-order valence-electron chi connectivity index (χ3n) is 10.3. The zero-order valence-electron chi connectivity index (χ0n) is 25.3. The van der Waals surface area contributed by atoms with Gasteiger partial charge in [0, 0.05) is 11.1 Å². The quantitative estimate of drug-likeness (QED) is 0.243. The molecule has 1 heterocycles. The molecule has 2 aliphatic carbocycles. The van der Waals surface area contributed by atoms with Crippen LogP contribution in [0.25, 0.3) is 0 Å². The molecule has 1 aliphatic heterocycles. The summed E-state index contributed by atoms with van der Waals surface area (Å²) in [6.07, 6.45) is 12.9. The van der Waals surface area contributed by atoms with E-state index < -0.39 is 8.56 Å². The van der Waals surface area contributed by atoms with Crippen LogP contribution in [0.1, 0.15) is 102 Å². The van der Waals surface area contributed by atoms with Crippen molar-refractivity contribution in [2.75, 3.05) is 0 Å². The fourth-order valence-electron chi connectivity index (χ4n) is 7.99. The van der Waals surface area contributed by atoms with Crippen LogP contribution < -0.4 is 0 Å². The molecule has 212 valence electrons. The summed E-state index contributed by atoms with van der Waals surface area (Å²) in [7, 11) is -2.89. The maximum atomic E-state index is 7.84. The normalized spacial score (nSPS) is 34.6. The van der Waals surface area contributed by atoms with E-state index in [1.165, 1.54) is 36.8 Å². The smallest absolute Gasteiger partial charge is 0.361 e. The average molecular weight is 545 g/mol. The minimum Gasteiger partial charge on any atom is -0.390 e. The maximum Gasteiger partial charge on any atom is 0.361 e. The molecule has 3 aliphatic rings. The molecule has 2 aromatic carbocycles. The van der Waals surface area contributed by atoms with Gasteiger partial charge in [0.05, 0.1) is 12.2 Å². The molecule has 0 unspecified atom stereocenters. The summed E-state index contributed by atoms with van der Waals surface area (Å²) < 4.78 is 15.7. The Bertz CT molecular complexity index is 978. The van der Waals surface area contributed by atoms with Gasteiger partial charge in [0.15, 0.2) is 0 Å². The van der Waals surface area contributed by atoms with E-state index in [0.29, 0.717) is 35.5 Å². The lowest BCUT2D eigenvalue weighted by molar-refractivity contribution is -0.0312. The van der Waals surface area contributed by atoms with Crippen LogP contribution in [0.2, 0.25) is 0 Å². The fourth-order valence-corrected chi connectivity index (χ4v) is 12.6. The molecule has 2 aromatic rings. The molecule has 0 radical (unpaired) electrons. The first-order chi connectivity index (χ1) is 18.8. The van der Waals surface area contributed by atoms with Gasteiger partial charge in [-0.25, -0.2) is 0 Å². The van der Waals surface area contributed by atoms with Gasteiger partial charge in [-0.3, -0.25) is 0 Å². The van der Waals surface area contributed by atoms with Crippen molar-refractivity contribution in [3.63, 3.8) is 0 Å². The first kappa shape index (κ1) is 28.8. The first-order valence-electron chi connectivity index (χ1n) is 15.9. The van der Waals surface area contributed by atoms with E-state index in [9.17, 15) is 0 Å². The van der Waals surface area contributed by atoms with Crippen molar-refractivity contribution < 1.29 is 8.85 Å². The predicted molar refractivity (Wildman–Crippen MR) is 166 cm³/mol. The maximum absolute atomic E-state index is 7.84. The van der Waals surface area contributed by atoms with Crippen LogP contribution >= 0.6 is 0 Å². The molecular formula is C36H52O2Si.